The lowest BCUT2D eigenvalue weighted by atomic mass is 9.33. The Morgan fingerprint density at radius 2 is 1.61 bits per heavy atom. The second-order valence-electron chi connectivity index (χ2n) is 17.4. The fraction of sp³-hybridized carbons (Fsp3) is 0.692. The van der Waals surface area contributed by atoms with Gasteiger partial charge in [0.2, 0.25) is 0 Å². The van der Waals surface area contributed by atoms with E-state index in [-0.39, 0.29) is 56.1 Å². The predicted molar refractivity (Wildman–Crippen MR) is 174 cm³/mol. The number of benzene rings is 1. The van der Waals surface area contributed by atoms with Crippen molar-refractivity contribution in [3.05, 3.63) is 41.5 Å². The average Bonchev–Trinajstić information content (AvgIpc) is 2.95. The maximum Gasteiger partial charge on any atom is 0.331 e. The van der Waals surface area contributed by atoms with E-state index < -0.39 is 0 Å². The third-order valence-electron chi connectivity index (χ3n) is 14.5. The van der Waals surface area contributed by atoms with E-state index in [9.17, 15) is 19.8 Å². The second kappa shape index (κ2) is 10.2. The number of aldehydes is 1. The van der Waals surface area contributed by atoms with Crippen LogP contribution in [-0.4, -0.2) is 28.6 Å². The molecule has 0 spiro atoms. The summed E-state index contributed by atoms with van der Waals surface area (Å²) >= 11 is 0. The number of esters is 1. The van der Waals surface area contributed by atoms with Crippen LogP contribution in [0.15, 0.2) is 35.9 Å². The molecule has 0 bridgehead atoms. The van der Waals surface area contributed by atoms with E-state index in [1.165, 1.54) is 30.9 Å². The summed E-state index contributed by atoms with van der Waals surface area (Å²) in [6.45, 7) is 17.1. The summed E-state index contributed by atoms with van der Waals surface area (Å²) < 4.78 is 6.16. The summed E-state index contributed by atoms with van der Waals surface area (Å²) in [6, 6.07) is 4.49. The van der Waals surface area contributed by atoms with Gasteiger partial charge in [0.15, 0.2) is 11.5 Å². The van der Waals surface area contributed by atoms with Crippen LogP contribution in [0.4, 0.5) is 0 Å². The number of hydrogen-bond acceptors (Lipinski definition) is 5. The number of ether oxygens (including phenoxy) is 1. The predicted octanol–water partition coefficient (Wildman–Crippen LogP) is 9.02. The van der Waals surface area contributed by atoms with Gasteiger partial charge < -0.3 is 19.7 Å². The molecule has 5 nitrogen and oxygen atoms in total. The van der Waals surface area contributed by atoms with Crippen molar-refractivity contribution in [3.8, 4) is 11.5 Å². The lowest BCUT2D eigenvalue weighted by Crippen LogP contribution is -2.65. The molecule has 0 radical (unpaired) electrons. The molecule has 5 aliphatic carbocycles. The lowest BCUT2D eigenvalue weighted by molar-refractivity contribution is -0.210. The zero-order chi connectivity index (χ0) is 31.9. The van der Waals surface area contributed by atoms with Gasteiger partial charge in [0.25, 0.3) is 0 Å². The molecular formula is C39H54O5. The van der Waals surface area contributed by atoms with Gasteiger partial charge in [-0.15, -0.1) is 0 Å². The van der Waals surface area contributed by atoms with E-state index in [0.717, 1.165) is 57.8 Å². The fourth-order valence-electron chi connectivity index (χ4n) is 11.7. The molecule has 5 aliphatic rings. The molecule has 4 fully saturated rings. The van der Waals surface area contributed by atoms with Gasteiger partial charge in [-0.05, 0) is 127 Å². The van der Waals surface area contributed by atoms with Crippen LogP contribution in [0, 0.1) is 50.2 Å². The molecule has 0 unspecified atom stereocenters. The molecule has 0 saturated heterocycles. The van der Waals surface area contributed by atoms with E-state index >= 15 is 0 Å². The number of fused-ring (bicyclic) bond motifs is 7. The molecule has 6 rings (SSSR count). The summed E-state index contributed by atoms with van der Waals surface area (Å²) in [4.78, 5) is 25.7. The fourth-order valence-corrected chi connectivity index (χ4v) is 11.7. The van der Waals surface area contributed by atoms with Gasteiger partial charge >= 0.3 is 5.97 Å². The third kappa shape index (κ3) is 4.53. The van der Waals surface area contributed by atoms with Gasteiger partial charge in [-0.25, -0.2) is 4.79 Å². The number of aromatic hydroxyl groups is 2. The summed E-state index contributed by atoms with van der Waals surface area (Å²) in [5, 5.41) is 19.4. The maximum absolute atomic E-state index is 13.0. The zero-order valence-electron chi connectivity index (χ0n) is 28.0. The minimum atomic E-state index is -0.367. The number of allylic oxidation sites excluding steroid dienone is 2. The van der Waals surface area contributed by atoms with E-state index in [0.29, 0.717) is 23.3 Å². The van der Waals surface area contributed by atoms with Crippen LogP contribution in [-0.2, 0) is 14.3 Å². The Morgan fingerprint density at radius 3 is 2.32 bits per heavy atom. The Bertz CT molecular complexity index is 1400. The third-order valence-corrected chi connectivity index (χ3v) is 14.5. The Kier molecular flexibility index (Phi) is 7.30. The molecule has 0 aromatic heterocycles. The van der Waals surface area contributed by atoms with Crippen LogP contribution in [0.25, 0.3) is 6.08 Å². The first-order valence-corrected chi connectivity index (χ1v) is 17.1. The monoisotopic (exact) mass is 602 g/mol. The molecule has 1 aromatic rings. The lowest BCUT2D eigenvalue weighted by Gasteiger charge is -2.71. The highest BCUT2D eigenvalue weighted by atomic mass is 16.5. The van der Waals surface area contributed by atoms with Gasteiger partial charge in [0.1, 0.15) is 12.4 Å². The Balaban J connectivity index is 1.24. The molecule has 240 valence electrons. The van der Waals surface area contributed by atoms with Crippen LogP contribution in [0.3, 0.4) is 0 Å². The molecule has 1 aromatic carbocycles. The zero-order valence-corrected chi connectivity index (χ0v) is 28.0. The van der Waals surface area contributed by atoms with Crippen molar-refractivity contribution in [2.45, 2.75) is 119 Å². The highest BCUT2D eigenvalue weighted by molar-refractivity contribution is 5.87. The summed E-state index contributed by atoms with van der Waals surface area (Å²) in [5.74, 6) is 0.609. The molecular weight excluding hydrogens is 548 g/mol. The van der Waals surface area contributed by atoms with Gasteiger partial charge in [-0.2, -0.15) is 0 Å². The van der Waals surface area contributed by atoms with E-state index in [4.69, 9.17) is 4.74 Å². The van der Waals surface area contributed by atoms with Crippen molar-refractivity contribution in [1.82, 2.24) is 0 Å². The van der Waals surface area contributed by atoms with Gasteiger partial charge in [0, 0.05) is 16.9 Å². The smallest absolute Gasteiger partial charge is 0.331 e. The number of phenols is 2. The normalized spacial score (nSPS) is 42.2. The standard InChI is InChI=1S/C39H54O5/c1-34(2)18-20-39(24-40)21-19-37(6)26(27(39)23-34)10-12-31-36(5)16-15-32(35(3,4)30(36)14-17-38(31,37)7)44-33(43)13-9-25-8-11-28(41)29(42)22-25/h8-11,13,22,24,27,30-32,41-42H,12,14-21,23H2,1-7H3/b13-9+/t27-,30-,31+,32-,36-,37+,38+,39+/m0/s1. The van der Waals surface area contributed by atoms with Crippen LogP contribution in [0.5, 0.6) is 11.5 Å². The molecule has 0 heterocycles. The van der Waals surface area contributed by atoms with Crippen molar-refractivity contribution in [2.75, 3.05) is 0 Å². The first-order chi connectivity index (χ1) is 20.5. The number of carbonyl (C=O) groups is 2. The van der Waals surface area contributed by atoms with E-state index in [1.807, 2.05) is 0 Å². The Labute approximate surface area is 264 Å². The van der Waals surface area contributed by atoms with E-state index in [1.54, 1.807) is 17.7 Å². The van der Waals surface area contributed by atoms with Gasteiger partial charge in [0.05, 0.1) is 0 Å². The van der Waals surface area contributed by atoms with Crippen LogP contribution in [0.1, 0.15) is 118 Å². The number of rotatable bonds is 4. The quantitative estimate of drug-likeness (QED) is 0.118. The number of carbonyl (C=O) groups excluding carboxylic acids is 2. The van der Waals surface area contributed by atoms with Gasteiger partial charge in [-0.1, -0.05) is 66.2 Å². The highest BCUT2D eigenvalue weighted by Gasteiger charge is 2.68. The van der Waals surface area contributed by atoms with Crippen molar-refractivity contribution >= 4 is 18.3 Å². The minimum Gasteiger partial charge on any atom is -0.504 e. The number of hydrogen-bond donors (Lipinski definition) is 2. The van der Waals surface area contributed by atoms with E-state index in [2.05, 4.69) is 54.5 Å². The van der Waals surface area contributed by atoms with Crippen molar-refractivity contribution < 1.29 is 24.5 Å². The SMILES string of the molecule is CC1(C)CC[C@]2(C=O)CC[C@]3(C)C(=CC[C@@H]4[C@@]5(C)CC[C@H](OC(=O)/C=C/c6ccc(O)c(O)c6)C(C)(C)[C@@H]5CC[C@]43C)[C@@H]2C1. The molecule has 0 aliphatic heterocycles. The molecule has 4 saturated carbocycles. The maximum atomic E-state index is 13.0. The Morgan fingerprint density at radius 1 is 0.886 bits per heavy atom. The van der Waals surface area contributed by atoms with Crippen LogP contribution < -0.4 is 0 Å². The van der Waals surface area contributed by atoms with Crippen LogP contribution >= 0.6 is 0 Å². The summed E-state index contributed by atoms with van der Waals surface area (Å²) in [5.41, 5.74) is 2.61. The minimum absolute atomic E-state index is 0.107. The molecule has 44 heavy (non-hydrogen) atoms. The topological polar surface area (TPSA) is 83.8 Å². The summed E-state index contributed by atoms with van der Waals surface area (Å²) in [7, 11) is 0. The molecule has 2 N–H and O–H groups in total. The Hall–Kier alpha value is -2.56. The summed E-state index contributed by atoms with van der Waals surface area (Å²) in [6.07, 6.45) is 17.6. The average molecular weight is 603 g/mol. The first kappa shape index (κ1) is 31.4. The highest BCUT2D eigenvalue weighted by Crippen LogP contribution is 2.75. The molecule has 5 heteroatoms. The first-order valence-electron chi connectivity index (χ1n) is 17.1. The van der Waals surface area contributed by atoms with Gasteiger partial charge in [-0.3, -0.25) is 0 Å². The number of phenolic OH excluding ortho intramolecular Hbond substituents is 2. The van der Waals surface area contributed by atoms with Crippen LogP contribution in [0.2, 0.25) is 0 Å². The second-order valence-corrected chi connectivity index (χ2v) is 17.4. The molecule has 8 atom stereocenters. The van der Waals surface area contributed by atoms with Crippen molar-refractivity contribution in [3.63, 3.8) is 0 Å². The largest absolute Gasteiger partial charge is 0.504 e. The van der Waals surface area contributed by atoms with Crippen molar-refractivity contribution in [1.29, 1.82) is 0 Å². The van der Waals surface area contributed by atoms with Crippen molar-refractivity contribution in [2.24, 2.45) is 50.2 Å². The molecule has 0 amide bonds.